The summed E-state index contributed by atoms with van der Waals surface area (Å²) in [5, 5.41) is 4.25. The van der Waals surface area contributed by atoms with E-state index < -0.39 is 11.9 Å². The molecule has 1 aromatic carbocycles. The van der Waals surface area contributed by atoms with Crippen LogP contribution in [0.25, 0.3) is 5.65 Å². The smallest absolute Gasteiger partial charge is 0.433 e. The first-order valence-electron chi connectivity index (χ1n) is 10.7. The maximum atomic E-state index is 13.5. The molecule has 168 valence electrons. The Bertz CT molecular complexity index is 1200. The fourth-order valence-electron chi connectivity index (χ4n) is 4.66. The van der Waals surface area contributed by atoms with Crippen LogP contribution in [-0.2, 0) is 12.6 Å². The molecule has 9 heteroatoms. The lowest BCUT2D eigenvalue weighted by Crippen LogP contribution is -2.39. The Morgan fingerprint density at radius 2 is 2.03 bits per heavy atom. The SMILES string of the molecule is Cc1cc(C(F)(F)F)n2nc(C3CCCN(C(=O)c4ccc5c(c4)CC(C)O5)C3)cc2n1. The van der Waals surface area contributed by atoms with Gasteiger partial charge in [-0.1, -0.05) is 0 Å². The van der Waals surface area contributed by atoms with Gasteiger partial charge >= 0.3 is 6.18 Å². The van der Waals surface area contributed by atoms with Crippen molar-refractivity contribution in [1.29, 1.82) is 0 Å². The quantitative estimate of drug-likeness (QED) is 0.588. The highest BCUT2D eigenvalue weighted by atomic mass is 19.4. The number of amides is 1. The highest BCUT2D eigenvalue weighted by Gasteiger charge is 2.36. The molecule has 2 unspecified atom stereocenters. The van der Waals surface area contributed by atoms with E-state index in [-0.39, 0.29) is 29.3 Å². The molecule has 2 aromatic heterocycles. The molecular formula is C23H23F3N4O2. The summed E-state index contributed by atoms with van der Waals surface area (Å²) in [5.41, 5.74) is 1.77. The van der Waals surface area contributed by atoms with Gasteiger partial charge in [-0.3, -0.25) is 4.79 Å². The van der Waals surface area contributed by atoms with Crippen LogP contribution in [-0.4, -0.2) is 44.6 Å². The van der Waals surface area contributed by atoms with Crippen molar-refractivity contribution in [3.8, 4) is 5.75 Å². The molecule has 0 radical (unpaired) electrons. The van der Waals surface area contributed by atoms with Crippen molar-refractivity contribution < 1.29 is 22.7 Å². The summed E-state index contributed by atoms with van der Waals surface area (Å²) in [6.07, 6.45) is -2.15. The van der Waals surface area contributed by atoms with Gasteiger partial charge in [-0.25, -0.2) is 9.50 Å². The number of likely N-dealkylation sites (tertiary alicyclic amines) is 1. The van der Waals surface area contributed by atoms with Crippen molar-refractivity contribution >= 4 is 11.6 Å². The van der Waals surface area contributed by atoms with E-state index in [1.807, 2.05) is 19.1 Å². The molecule has 1 amide bonds. The van der Waals surface area contributed by atoms with Gasteiger partial charge in [0.25, 0.3) is 5.91 Å². The van der Waals surface area contributed by atoms with E-state index in [0.29, 0.717) is 24.3 Å². The average Bonchev–Trinajstić information content (AvgIpc) is 3.33. The van der Waals surface area contributed by atoms with Gasteiger partial charge in [-0.2, -0.15) is 18.3 Å². The first-order chi connectivity index (χ1) is 15.2. The minimum Gasteiger partial charge on any atom is -0.490 e. The number of fused-ring (bicyclic) bond motifs is 2. The molecular weight excluding hydrogens is 421 g/mol. The van der Waals surface area contributed by atoms with Crippen LogP contribution in [0.5, 0.6) is 5.75 Å². The maximum absolute atomic E-state index is 13.5. The number of piperidine rings is 1. The molecule has 0 spiro atoms. The van der Waals surface area contributed by atoms with Gasteiger partial charge in [-0.05, 0) is 56.5 Å². The van der Waals surface area contributed by atoms with E-state index in [1.165, 1.54) is 6.92 Å². The van der Waals surface area contributed by atoms with E-state index >= 15 is 0 Å². The zero-order chi connectivity index (χ0) is 22.6. The normalized spacial score (nSPS) is 21.0. The van der Waals surface area contributed by atoms with Gasteiger partial charge in [0, 0.05) is 42.8 Å². The number of hydrogen-bond acceptors (Lipinski definition) is 4. The van der Waals surface area contributed by atoms with Crippen LogP contribution in [0.15, 0.2) is 30.3 Å². The number of nitrogens with zero attached hydrogens (tertiary/aromatic N) is 4. The van der Waals surface area contributed by atoms with E-state index in [2.05, 4.69) is 10.1 Å². The lowest BCUT2D eigenvalue weighted by atomic mass is 9.94. The molecule has 4 heterocycles. The number of aromatic nitrogens is 3. The molecule has 32 heavy (non-hydrogen) atoms. The Hall–Kier alpha value is -3.10. The highest BCUT2D eigenvalue weighted by molar-refractivity contribution is 5.94. The zero-order valence-electron chi connectivity index (χ0n) is 17.8. The largest absolute Gasteiger partial charge is 0.490 e. The molecule has 0 bridgehead atoms. The van der Waals surface area contributed by atoms with Gasteiger partial charge in [0.2, 0.25) is 0 Å². The first-order valence-corrected chi connectivity index (χ1v) is 10.7. The summed E-state index contributed by atoms with van der Waals surface area (Å²) in [6.45, 7) is 4.54. The number of alkyl halides is 3. The molecule has 0 N–H and O–H groups in total. The second-order valence-electron chi connectivity index (χ2n) is 8.67. The number of aryl methyl sites for hydroxylation is 1. The minimum atomic E-state index is -4.53. The van der Waals surface area contributed by atoms with Gasteiger partial charge < -0.3 is 9.64 Å². The summed E-state index contributed by atoms with van der Waals surface area (Å²) >= 11 is 0. The number of carbonyl (C=O) groups excluding carboxylic acids is 1. The Kier molecular flexibility index (Phi) is 4.87. The van der Waals surface area contributed by atoms with Crippen molar-refractivity contribution in [3.63, 3.8) is 0 Å². The van der Waals surface area contributed by atoms with Crippen molar-refractivity contribution in [1.82, 2.24) is 19.5 Å². The number of hydrogen-bond donors (Lipinski definition) is 0. The first kappa shape index (κ1) is 20.8. The van der Waals surface area contributed by atoms with Gasteiger partial charge in [0.15, 0.2) is 5.65 Å². The van der Waals surface area contributed by atoms with Crippen LogP contribution < -0.4 is 4.74 Å². The lowest BCUT2D eigenvalue weighted by Gasteiger charge is -2.32. The third-order valence-corrected chi connectivity index (χ3v) is 6.13. The average molecular weight is 444 g/mol. The molecule has 1 saturated heterocycles. The van der Waals surface area contributed by atoms with Crippen molar-refractivity contribution in [3.05, 3.63) is 58.5 Å². The third-order valence-electron chi connectivity index (χ3n) is 6.13. The predicted octanol–water partition coefficient (Wildman–Crippen LogP) is 4.40. The molecule has 2 atom stereocenters. The molecule has 6 nitrogen and oxygen atoms in total. The minimum absolute atomic E-state index is 0.0780. The van der Waals surface area contributed by atoms with Crippen LogP contribution in [0.3, 0.4) is 0 Å². The molecule has 5 rings (SSSR count). The lowest BCUT2D eigenvalue weighted by molar-refractivity contribution is -0.142. The number of rotatable bonds is 2. The number of benzene rings is 1. The maximum Gasteiger partial charge on any atom is 0.433 e. The summed E-state index contributed by atoms with van der Waals surface area (Å²) in [5.74, 6) is 0.595. The Morgan fingerprint density at radius 1 is 1.22 bits per heavy atom. The summed E-state index contributed by atoms with van der Waals surface area (Å²) in [6, 6.07) is 8.10. The Balaban J connectivity index is 1.40. The zero-order valence-corrected chi connectivity index (χ0v) is 17.8. The predicted molar refractivity (Wildman–Crippen MR) is 111 cm³/mol. The van der Waals surface area contributed by atoms with Crippen LogP contribution in [0.4, 0.5) is 13.2 Å². The van der Waals surface area contributed by atoms with Crippen LogP contribution in [0, 0.1) is 6.92 Å². The monoisotopic (exact) mass is 444 g/mol. The van der Waals surface area contributed by atoms with Gasteiger partial charge in [0.05, 0.1) is 5.69 Å². The van der Waals surface area contributed by atoms with Crippen LogP contribution in [0.1, 0.15) is 58.7 Å². The van der Waals surface area contributed by atoms with Crippen molar-refractivity contribution in [2.75, 3.05) is 13.1 Å². The summed E-state index contributed by atoms with van der Waals surface area (Å²) in [7, 11) is 0. The number of ether oxygens (including phenoxy) is 1. The standard InChI is InChI=1S/C23H23F3N4O2/c1-13-8-20(23(24,25)26)30-21(27-13)11-18(28-30)16-4-3-7-29(12-16)22(31)15-5-6-19-17(10-15)9-14(2)32-19/h5-6,8,10-11,14,16H,3-4,7,9,12H2,1-2H3. The van der Waals surface area contributed by atoms with Crippen LogP contribution in [0.2, 0.25) is 0 Å². The van der Waals surface area contributed by atoms with Crippen molar-refractivity contribution in [2.24, 2.45) is 0 Å². The van der Waals surface area contributed by atoms with Gasteiger partial charge in [-0.15, -0.1) is 0 Å². The topological polar surface area (TPSA) is 59.7 Å². The Morgan fingerprint density at radius 3 is 2.81 bits per heavy atom. The molecule has 3 aromatic rings. The van der Waals surface area contributed by atoms with Gasteiger partial charge in [0.1, 0.15) is 17.5 Å². The molecule has 1 fully saturated rings. The fourth-order valence-corrected chi connectivity index (χ4v) is 4.66. The molecule has 0 saturated carbocycles. The summed E-state index contributed by atoms with van der Waals surface area (Å²) < 4.78 is 47.0. The van der Waals surface area contributed by atoms with Crippen LogP contribution >= 0.6 is 0 Å². The van der Waals surface area contributed by atoms with Crippen molar-refractivity contribution in [2.45, 2.75) is 51.3 Å². The highest BCUT2D eigenvalue weighted by Crippen LogP contribution is 2.33. The second-order valence-corrected chi connectivity index (χ2v) is 8.67. The Labute approximate surface area is 183 Å². The van der Waals surface area contributed by atoms with E-state index in [9.17, 15) is 18.0 Å². The molecule has 2 aliphatic heterocycles. The molecule has 2 aliphatic rings. The fraction of sp³-hybridized carbons (Fsp3) is 0.435. The third kappa shape index (κ3) is 3.69. The number of halogens is 3. The van der Waals surface area contributed by atoms with E-state index in [1.54, 1.807) is 17.0 Å². The second kappa shape index (κ2) is 7.50. The van der Waals surface area contributed by atoms with E-state index in [0.717, 1.165) is 41.2 Å². The molecule has 0 aliphatic carbocycles. The summed E-state index contributed by atoms with van der Waals surface area (Å²) in [4.78, 5) is 19.1. The van der Waals surface area contributed by atoms with E-state index in [4.69, 9.17) is 4.74 Å². The number of carbonyl (C=O) groups is 1.